The quantitative estimate of drug-likeness (QED) is 0.652. The Balaban J connectivity index is 2.11. The van der Waals surface area contributed by atoms with Crippen LogP contribution in [0.25, 0.3) is 0 Å². The number of rotatable bonds is 8. The summed E-state index contributed by atoms with van der Waals surface area (Å²) in [6.45, 7) is 5.82. The predicted octanol–water partition coefficient (Wildman–Crippen LogP) is 0.480. The van der Waals surface area contributed by atoms with Gasteiger partial charge in [-0.2, -0.15) is 0 Å². The number of amides is 1. The lowest BCUT2D eigenvalue weighted by Crippen LogP contribution is -2.38. The summed E-state index contributed by atoms with van der Waals surface area (Å²) < 4.78 is 23.6. The van der Waals surface area contributed by atoms with Crippen molar-refractivity contribution in [1.82, 2.24) is 20.2 Å². The summed E-state index contributed by atoms with van der Waals surface area (Å²) in [6.07, 6.45) is 1.43. The third-order valence-corrected chi connectivity index (χ3v) is 6.14. The monoisotopic (exact) mass is 383 g/mol. The highest BCUT2D eigenvalue weighted by Gasteiger charge is 2.33. The van der Waals surface area contributed by atoms with Gasteiger partial charge in [-0.1, -0.05) is 0 Å². The van der Waals surface area contributed by atoms with Gasteiger partial charge in [-0.05, 0) is 53.4 Å². The summed E-state index contributed by atoms with van der Waals surface area (Å²) in [5, 5.41) is 2.88. The van der Waals surface area contributed by atoms with Gasteiger partial charge < -0.3 is 15.1 Å². The minimum absolute atomic E-state index is 0.115. The number of anilines is 1. The third kappa shape index (κ3) is 5.63. The van der Waals surface area contributed by atoms with Crippen molar-refractivity contribution in [3.05, 3.63) is 17.5 Å². The number of sulfone groups is 1. The maximum atomic E-state index is 12.4. The van der Waals surface area contributed by atoms with Crippen molar-refractivity contribution in [3.8, 4) is 0 Å². The largest absolute Gasteiger partial charge is 0.351 e. The van der Waals surface area contributed by atoms with E-state index >= 15 is 0 Å². The van der Waals surface area contributed by atoms with E-state index in [-0.39, 0.29) is 23.5 Å². The highest BCUT2D eigenvalue weighted by atomic mass is 32.2. The number of nitrogens with one attached hydrogen (secondary N) is 1. The summed E-state index contributed by atoms with van der Waals surface area (Å²) >= 11 is 0. The molecule has 1 aliphatic heterocycles. The van der Waals surface area contributed by atoms with Gasteiger partial charge in [0.05, 0.1) is 11.5 Å². The SMILES string of the molecule is CCN(c1nc(C)cc(C(=O)NCCCN(C)C)n1)C1CCS(=O)(=O)C1. The van der Waals surface area contributed by atoms with Crippen molar-refractivity contribution in [1.29, 1.82) is 0 Å². The fourth-order valence-electron chi connectivity index (χ4n) is 3.07. The Bertz CT molecular complexity index is 736. The minimum atomic E-state index is -3.00. The maximum absolute atomic E-state index is 12.4. The van der Waals surface area contributed by atoms with Crippen LogP contribution in [-0.2, 0) is 9.84 Å². The van der Waals surface area contributed by atoms with Crippen LogP contribution in [0, 0.1) is 6.92 Å². The molecule has 0 saturated carbocycles. The molecule has 1 aliphatic rings. The molecule has 1 aromatic heterocycles. The molecule has 1 unspecified atom stereocenters. The van der Waals surface area contributed by atoms with E-state index in [9.17, 15) is 13.2 Å². The molecule has 1 aromatic rings. The van der Waals surface area contributed by atoms with E-state index < -0.39 is 9.84 Å². The lowest BCUT2D eigenvalue weighted by atomic mass is 10.2. The second kappa shape index (κ2) is 8.77. The fourth-order valence-corrected chi connectivity index (χ4v) is 4.80. The number of aryl methyl sites for hydroxylation is 1. The molecule has 9 heteroatoms. The zero-order valence-electron chi connectivity index (χ0n) is 16.0. The third-order valence-electron chi connectivity index (χ3n) is 4.39. The molecule has 1 saturated heterocycles. The summed E-state index contributed by atoms with van der Waals surface area (Å²) in [4.78, 5) is 25.2. The molecule has 26 heavy (non-hydrogen) atoms. The highest BCUT2D eigenvalue weighted by Crippen LogP contribution is 2.22. The summed E-state index contributed by atoms with van der Waals surface area (Å²) in [5.74, 6) is 0.502. The van der Waals surface area contributed by atoms with E-state index in [2.05, 4.69) is 20.2 Å². The second-order valence-electron chi connectivity index (χ2n) is 6.95. The molecule has 0 radical (unpaired) electrons. The first-order chi connectivity index (χ1) is 12.2. The Morgan fingerprint density at radius 1 is 1.35 bits per heavy atom. The molecule has 1 atom stereocenters. The molecule has 0 aliphatic carbocycles. The van der Waals surface area contributed by atoms with Crippen molar-refractivity contribution in [2.75, 3.05) is 50.1 Å². The Labute approximate surface area is 155 Å². The summed E-state index contributed by atoms with van der Waals surface area (Å²) in [6, 6.07) is 1.52. The average Bonchev–Trinajstić information content (AvgIpc) is 2.91. The Kier molecular flexibility index (Phi) is 6.94. The highest BCUT2D eigenvalue weighted by molar-refractivity contribution is 7.91. The summed E-state index contributed by atoms with van der Waals surface area (Å²) in [7, 11) is 0.983. The lowest BCUT2D eigenvalue weighted by molar-refractivity contribution is 0.0947. The van der Waals surface area contributed by atoms with Gasteiger partial charge in [0.1, 0.15) is 5.69 Å². The van der Waals surface area contributed by atoms with Crippen molar-refractivity contribution in [3.63, 3.8) is 0 Å². The number of hydrogen-bond acceptors (Lipinski definition) is 7. The van der Waals surface area contributed by atoms with Crippen LogP contribution >= 0.6 is 0 Å². The van der Waals surface area contributed by atoms with Gasteiger partial charge in [0.25, 0.3) is 5.91 Å². The minimum Gasteiger partial charge on any atom is -0.351 e. The molecular formula is C17H29N5O3S. The Morgan fingerprint density at radius 3 is 2.65 bits per heavy atom. The van der Waals surface area contributed by atoms with Crippen LogP contribution in [0.4, 0.5) is 5.95 Å². The zero-order chi connectivity index (χ0) is 19.3. The Hall–Kier alpha value is -1.74. The maximum Gasteiger partial charge on any atom is 0.270 e. The van der Waals surface area contributed by atoms with Gasteiger partial charge >= 0.3 is 0 Å². The van der Waals surface area contributed by atoms with Crippen LogP contribution in [0.5, 0.6) is 0 Å². The first-order valence-corrected chi connectivity index (χ1v) is 10.8. The topological polar surface area (TPSA) is 95.5 Å². The first-order valence-electron chi connectivity index (χ1n) is 8.97. The Morgan fingerprint density at radius 2 is 2.08 bits per heavy atom. The average molecular weight is 384 g/mol. The van der Waals surface area contributed by atoms with Crippen LogP contribution in [0.1, 0.15) is 35.9 Å². The van der Waals surface area contributed by atoms with E-state index in [1.807, 2.05) is 32.8 Å². The van der Waals surface area contributed by atoms with Crippen molar-refractivity contribution < 1.29 is 13.2 Å². The normalized spacial score (nSPS) is 18.9. The van der Waals surface area contributed by atoms with Crippen LogP contribution < -0.4 is 10.2 Å². The number of carbonyl (C=O) groups is 1. The van der Waals surface area contributed by atoms with Crippen molar-refractivity contribution in [2.24, 2.45) is 0 Å². The van der Waals surface area contributed by atoms with Gasteiger partial charge in [-0.25, -0.2) is 18.4 Å². The number of nitrogens with zero attached hydrogens (tertiary/aromatic N) is 4. The molecular weight excluding hydrogens is 354 g/mol. The van der Waals surface area contributed by atoms with Gasteiger partial charge in [0.2, 0.25) is 5.95 Å². The molecule has 2 rings (SSSR count). The van der Waals surface area contributed by atoms with Crippen LogP contribution in [0.3, 0.4) is 0 Å². The molecule has 0 aromatic carbocycles. The van der Waals surface area contributed by atoms with E-state index in [0.29, 0.717) is 36.8 Å². The molecule has 146 valence electrons. The van der Waals surface area contributed by atoms with Gasteiger partial charge in [-0.3, -0.25) is 4.79 Å². The number of hydrogen-bond donors (Lipinski definition) is 1. The molecule has 0 spiro atoms. The molecule has 8 nitrogen and oxygen atoms in total. The van der Waals surface area contributed by atoms with Crippen LogP contribution in [-0.4, -0.2) is 80.5 Å². The molecule has 1 fully saturated rings. The van der Waals surface area contributed by atoms with E-state index in [1.54, 1.807) is 6.07 Å². The lowest BCUT2D eigenvalue weighted by Gasteiger charge is -2.27. The van der Waals surface area contributed by atoms with Gasteiger partial charge in [-0.15, -0.1) is 0 Å². The predicted molar refractivity (Wildman–Crippen MR) is 102 cm³/mol. The standard InChI is InChI=1S/C17H29N5O3S/c1-5-22(14-7-10-26(24,25)12-14)17-19-13(2)11-15(20-17)16(23)18-8-6-9-21(3)4/h11,14H,5-10,12H2,1-4H3,(H,18,23). The van der Waals surface area contributed by atoms with Crippen molar-refractivity contribution in [2.45, 2.75) is 32.7 Å². The molecule has 1 amide bonds. The van der Waals surface area contributed by atoms with Gasteiger partial charge in [0, 0.05) is 24.8 Å². The molecule has 1 N–H and O–H groups in total. The zero-order valence-corrected chi connectivity index (χ0v) is 16.8. The molecule has 0 bridgehead atoms. The second-order valence-corrected chi connectivity index (χ2v) is 9.18. The smallest absolute Gasteiger partial charge is 0.270 e. The van der Waals surface area contributed by atoms with Crippen molar-refractivity contribution >= 4 is 21.7 Å². The fraction of sp³-hybridized carbons (Fsp3) is 0.706. The van der Waals surface area contributed by atoms with E-state index in [4.69, 9.17) is 0 Å². The number of aromatic nitrogens is 2. The van der Waals surface area contributed by atoms with Gasteiger partial charge in [0.15, 0.2) is 9.84 Å². The molecule has 2 heterocycles. The van der Waals surface area contributed by atoms with E-state index in [0.717, 1.165) is 13.0 Å². The summed E-state index contributed by atoms with van der Waals surface area (Å²) in [5.41, 5.74) is 1.00. The van der Waals surface area contributed by atoms with Crippen LogP contribution in [0.2, 0.25) is 0 Å². The van der Waals surface area contributed by atoms with E-state index in [1.165, 1.54) is 0 Å². The van der Waals surface area contributed by atoms with Crippen LogP contribution in [0.15, 0.2) is 6.07 Å². The first kappa shape index (κ1) is 20.6. The number of carbonyl (C=O) groups excluding carboxylic acids is 1.